The second-order valence-corrected chi connectivity index (χ2v) is 7.83. The highest BCUT2D eigenvalue weighted by atomic mass is 16.5. The molecule has 1 N–H and O–H groups in total. The van der Waals surface area contributed by atoms with E-state index >= 15 is 0 Å². The van der Waals surface area contributed by atoms with Gasteiger partial charge in [-0.15, -0.1) is 0 Å². The van der Waals surface area contributed by atoms with E-state index < -0.39 is 0 Å². The molecule has 0 bridgehead atoms. The van der Waals surface area contributed by atoms with E-state index in [0.29, 0.717) is 13.2 Å². The molecule has 2 aliphatic heterocycles. The fourth-order valence-corrected chi connectivity index (χ4v) is 4.59. The third-order valence-corrected chi connectivity index (χ3v) is 6.04. The highest BCUT2D eigenvalue weighted by Crippen LogP contribution is 2.38. The van der Waals surface area contributed by atoms with Crippen molar-refractivity contribution >= 4 is 11.6 Å². The molecular weight excluding hydrogens is 366 g/mol. The number of nitrogens with one attached hydrogen (secondary N) is 1. The summed E-state index contributed by atoms with van der Waals surface area (Å²) in [4.78, 5) is 13.3. The molecular formula is C23H31N3O3. The summed E-state index contributed by atoms with van der Waals surface area (Å²) in [6, 6.07) is 6.22. The Morgan fingerprint density at radius 2 is 1.72 bits per heavy atom. The lowest BCUT2D eigenvalue weighted by molar-refractivity contribution is -0.141. The molecule has 2 heterocycles. The van der Waals surface area contributed by atoms with Crippen molar-refractivity contribution in [3.63, 3.8) is 0 Å². The molecule has 6 nitrogen and oxygen atoms in total. The van der Waals surface area contributed by atoms with Gasteiger partial charge in [-0.1, -0.05) is 12.2 Å². The molecule has 1 aliphatic carbocycles. The van der Waals surface area contributed by atoms with Crippen LogP contribution < -0.4 is 14.8 Å². The Kier molecular flexibility index (Phi) is 6.19. The quantitative estimate of drug-likeness (QED) is 0.748. The molecule has 156 valence electrons. The second-order valence-electron chi connectivity index (χ2n) is 7.83. The zero-order chi connectivity index (χ0) is 20.2. The van der Waals surface area contributed by atoms with Crippen molar-refractivity contribution in [3.8, 4) is 11.5 Å². The van der Waals surface area contributed by atoms with E-state index in [1.807, 2.05) is 26.0 Å². The van der Waals surface area contributed by atoms with Crippen LogP contribution in [-0.4, -0.2) is 49.0 Å². The number of ether oxygens (including phenoxy) is 2. The van der Waals surface area contributed by atoms with Gasteiger partial charge in [-0.3, -0.25) is 4.79 Å². The zero-order valence-corrected chi connectivity index (χ0v) is 17.4. The summed E-state index contributed by atoms with van der Waals surface area (Å²) < 4.78 is 11.6. The zero-order valence-electron chi connectivity index (χ0n) is 17.4. The number of carbonyl (C=O) groups excluding carboxylic acids is 1. The van der Waals surface area contributed by atoms with Crippen LogP contribution in [0.4, 0.5) is 0 Å². The smallest absolute Gasteiger partial charge is 0.247 e. The highest BCUT2D eigenvalue weighted by molar-refractivity contribution is 6.07. The van der Waals surface area contributed by atoms with Gasteiger partial charge in [0, 0.05) is 11.5 Å². The van der Waals surface area contributed by atoms with Crippen molar-refractivity contribution in [2.75, 3.05) is 26.3 Å². The molecule has 0 unspecified atom stereocenters. The predicted molar refractivity (Wildman–Crippen MR) is 113 cm³/mol. The van der Waals surface area contributed by atoms with Crippen LogP contribution >= 0.6 is 0 Å². The molecule has 0 saturated carbocycles. The summed E-state index contributed by atoms with van der Waals surface area (Å²) in [5, 5.41) is 10.1. The minimum atomic E-state index is -0.0236. The fourth-order valence-electron chi connectivity index (χ4n) is 4.59. The molecule has 29 heavy (non-hydrogen) atoms. The van der Waals surface area contributed by atoms with Crippen LogP contribution in [0.25, 0.3) is 0 Å². The maximum absolute atomic E-state index is 13.3. The van der Waals surface area contributed by atoms with E-state index in [1.54, 1.807) is 5.01 Å². The molecule has 1 aromatic rings. The molecule has 2 atom stereocenters. The van der Waals surface area contributed by atoms with Crippen molar-refractivity contribution < 1.29 is 14.3 Å². The Morgan fingerprint density at radius 1 is 1.03 bits per heavy atom. The van der Waals surface area contributed by atoms with Gasteiger partial charge in [-0.05, 0) is 70.8 Å². The summed E-state index contributed by atoms with van der Waals surface area (Å²) in [6.45, 7) is 6.98. The SMILES string of the molecule is CCOc1ccc(C2=NN(C3CCNCC3)C(=O)[C@@H]3CC=CC[C@H]23)cc1OCC. The third kappa shape index (κ3) is 4.04. The summed E-state index contributed by atoms with van der Waals surface area (Å²) in [5.41, 5.74) is 2.02. The number of allylic oxidation sites excluding steroid dienone is 2. The van der Waals surface area contributed by atoms with Crippen molar-refractivity contribution in [2.24, 2.45) is 16.9 Å². The minimum absolute atomic E-state index is 0.0236. The van der Waals surface area contributed by atoms with Gasteiger partial charge in [0.2, 0.25) is 5.91 Å². The fraction of sp³-hybridized carbons (Fsp3) is 0.565. The first-order valence-electron chi connectivity index (χ1n) is 10.9. The summed E-state index contributed by atoms with van der Waals surface area (Å²) in [6.07, 6.45) is 7.87. The largest absolute Gasteiger partial charge is 0.490 e. The van der Waals surface area contributed by atoms with Crippen LogP contribution in [0, 0.1) is 11.8 Å². The maximum Gasteiger partial charge on any atom is 0.247 e. The van der Waals surface area contributed by atoms with Gasteiger partial charge in [0.1, 0.15) is 0 Å². The Labute approximate surface area is 172 Å². The molecule has 6 heteroatoms. The molecule has 0 aromatic heterocycles. The van der Waals surface area contributed by atoms with Crippen LogP contribution in [0.5, 0.6) is 11.5 Å². The number of rotatable bonds is 6. The van der Waals surface area contributed by atoms with Crippen molar-refractivity contribution in [2.45, 2.75) is 45.6 Å². The van der Waals surface area contributed by atoms with Gasteiger partial charge < -0.3 is 14.8 Å². The van der Waals surface area contributed by atoms with Gasteiger partial charge in [0.15, 0.2) is 11.5 Å². The first-order chi connectivity index (χ1) is 14.2. The van der Waals surface area contributed by atoms with Gasteiger partial charge in [-0.25, -0.2) is 5.01 Å². The van der Waals surface area contributed by atoms with Gasteiger partial charge in [-0.2, -0.15) is 5.10 Å². The molecule has 0 spiro atoms. The molecule has 1 fully saturated rings. The number of fused-ring (bicyclic) bond motifs is 1. The number of amides is 1. The van der Waals surface area contributed by atoms with Crippen LogP contribution in [0.15, 0.2) is 35.5 Å². The maximum atomic E-state index is 13.3. The Bertz CT molecular complexity index is 799. The summed E-state index contributed by atoms with van der Waals surface area (Å²) in [5.74, 6) is 1.78. The van der Waals surface area contributed by atoms with Crippen molar-refractivity contribution in [1.29, 1.82) is 0 Å². The number of hydrazone groups is 1. The van der Waals surface area contributed by atoms with E-state index in [0.717, 1.165) is 61.5 Å². The van der Waals surface area contributed by atoms with Crippen molar-refractivity contribution in [1.82, 2.24) is 10.3 Å². The number of benzene rings is 1. The average Bonchev–Trinajstić information content (AvgIpc) is 2.76. The van der Waals surface area contributed by atoms with Gasteiger partial charge in [0.25, 0.3) is 0 Å². The van der Waals surface area contributed by atoms with E-state index in [9.17, 15) is 4.79 Å². The van der Waals surface area contributed by atoms with Gasteiger partial charge >= 0.3 is 0 Å². The molecule has 1 aromatic carbocycles. The summed E-state index contributed by atoms with van der Waals surface area (Å²) in [7, 11) is 0. The number of nitrogens with zero attached hydrogens (tertiary/aromatic N) is 2. The van der Waals surface area contributed by atoms with Crippen LogP contribution in [0.2, 0.25) is 0 Å². The second kappa shape index (κ2) is 8.99. The topological polar surface area (TPSA) is 63.2 Å². The lowest BCUT2D eigenvalue weighted by atomic mass is 9.76. The van der Waals surface area contributed by atoms with E-state index in [4.69, 9.17) is 14.6 Å². The predicted octanol–water partition coefficient (Wildman–Crippen LogP) is 3.36. The van der Waals surface area contributed by atoms with E-state index in [2.05, 4.69) is 23.5 Å². The first kappa shape index (κ1) is 20.0. The monoisotopic (exact) mass is 397 g/mol. The van der Waals surface area contributed by atoms with Crippen molar-refractivity contribution in [3.05, 3.63) is 35.9 Å². The number of carbonyl (C=O) groups is 1. The van der Waals surface area contributed by atoms with Crippen LogP contribution in [-0.2, 0) is 4.79 Å². The third-order valence-electron chi connectivity index (χ3n) is 6.04. The highest BCUT2D eigenvalue weighted by Gasteiger charge is 2.42. The lowest BCUT2D eigenvalue weighted by Crippen LogP contribution is -2.51. The average molecular weight is 398 g/mol. The summed E-state index contributed by atoms with van der Waals surface area (Å²) >= 11 is 0. The Morgan fingerprint density at radius 3 is 2.45 bits per heavy atom. The molecule has 1 amide bonds. The normalized spacial score (nSPS) is 24.8. The Balaban J connectivity index is 1.73. The Hall–Kier alpha value is -2.34. The number of piperidine rings is 1. The molecule has 0 radical (unpaired) electrons. The van der Waals surface area contributed by atoms with E-state index in [1.165, 1.54) is 0 Å². The molecule has 4 rings (SSSR count). The molecule has 1 saturated heterocycles. The lowest BCUT2D eigenvalue weighted by Gasteiger charge is -2.41. The van der Waals surface area contributed by atoms with Crippen LogP contribution in [0.1, 0.15) is 45.1 Å². The van der Waals surface area contributed by atoms with Gasteiger partial charge in [0.05, 0.1) is 30.9 Å². The van der Waals surface area contributed by atoms with Crippen LogP contribution in [0.3, 0.4) is 0 Å². The number of hydrogen-bond donors (Lipinski definition) is 1. The molecule has 3 aliphatic rings. The first-order valence-corrected chi connectivity index (χ1v) is 10.9. The minimum Gasteiger partial charge on any atom is -0.490 e. The number of hydrogen-bond acceptors (Lipinski definition) is 5. The van der Waals surface area contributed by atoms with E-state index in [-0.39, 0.29) is 23.8 Å². The standard InChI is InChI=1S/C23H31N3O3/c1-3-28-20-10-9-16(15-21(20)29-4-2)22-18-7-5-6-8-19(18)23(27)26(25-22)17-11-13-24-14-12-17/h5-6,9-10,15,17-19,24H,3-4,7-8,11-14H2,1-2H3/t18-,19+/m0/s1.